The molecule has 0 aliphatic carbocycles. The predicted molar refractivity (Wildman–Crippen MR) is 115 cm³/mol. The van der Waals surface area contributed by atoms with Gasteiger partial charge < -0.3 is 15.8 Å². The number of aryl methyl sites for hydroxylation is 1. The van der Waals surface area contributed by atoms with Crippen LogP contribution in [0.4, 0.5) is 17.6 Å². The Kier molecular flexibility index (Phi) is 5.52. The predicted octanol–water partition coefficient (Wildman–Crippen LogP) is 2.03. The zero-order valence-corrected chi connectivity index (χ0v) is 16.6. The van der Waals surface area contributed by atoms with Gasteiger partial charge in [-0.3, -0.25) is 9.59 Å². The first-order chi connectivity index (χ1) is 15.0. The third-order valence-corrected chi connectivity index (χ3v) is 4.46. The van der Waals surface area contributed by atoms with Crippen molar-refractivity contribution in [2.75, 3.05) is 11.1 Å². The number of carbonyl (C=O) groups excluding carboxylic acids is 1. The van der Waals surface area contributed by atoms with E-state index in [1.807, 2.05) is 31.2 Å². The lowest BCUT2D eigenvalue weighted by Crippen LogP contribution is -2.16. The van der Waals surface area contributed by atoms with Gasteiger partial charge in [0.25, 0.3) is 5.56 Å². The van der Waals surface area contributed by atoms with E-state index in [1.165, 1.54) is 0 Å². The van der Waals surface area contributed by atoms with Gasteiger partial charge in [0.1, 0.15) is 0 Å². The van der Waals surface area contributed by atoms with Crippen molar-refractivity contribution < 1.29 is 9.53 Å². The molecule has 10 nitrogen and oxygen atoms in total. The van der Waals surface area contributed by atoms with Crippen molar-refractivity contribution in [3.63, 3.8) is 0 Å². The van der Waals surface area contributed by atoms with Crippen molar-refractivity contribution in [3.05, 3.63) is 76.0 Å². The summed E-state index contributed by atoms with van der Waals surface area (Å²) in [5.74, 6) is -0.0915. The fourth-order valence-electron chi connectivity index (χ4n) is 2.96. The first-order valence-electron chi connectivity index (χ1n) is 9.44. The molecule has 4 aromatic rings. The maximum Gasteiger partial charge on any atom is 0.312 e. The number of aromatic nitrogens is 5. The standard InChI is InChI=1S/C21H19N7O3/c1-12-6-8-13(9-7-12)23-21-25-17(24-20(22)26-21)11-31-18(29)10-16-14-4-2-3-5-15(14)19(30)28-27-16/h2-9H,10-11H2,1H3,(H,28,30)(H3,22,23,24,25,26). The Hall–Kier alpha value is -4.34. The number of carbonyl (C=O) groups is 1. The second-order valence-corrected chi connectivity index (χ2v) is 6.81. The highest BCUT2D eigenvalue weighted by atomic mass is 16.5. The van der Waals surface area contributed by atoms with E-state index in [0.717, 1.165) is 11.3 Å². The van der Waals surface area contributed by atoms with Gasteiger partial charge in [0, 0.05) is 11.1 Å². The van der Waals surface area contributed by atoms with Gasteiger partial charge in [0.05, 0.1) is 17.5 Å². The number of nitrogen functional groups attached to an aromatic ring is 1. The molecule has 4 N–H and O–H groups in total. The van der Waals surface area contributed by atoms with Gasteiger partial charge in [-0.15, -0.1) is 0 Å². The summed E-state index contributed by atoms with van der Waals surface area (Å²) in [6.07, 6.45) is -0.119. The maximum atomic E-state index is 12.3. The highest BCUT2D eigenvalue weighted by Gasteiger charge is 2.13. The molecule has 0 fully saturated rings. The van der Waals surface area contributed by atoms with Gasteiger partial charge >= 0.3 is 5.97 Å². The van der Waals surface area contributed by atoms with Crippen molar-refractivity contribution in [2.45, 2.75) is 20.0 Å². The van der Waals surface area contributed by atoms with Gasteiger partial charge in [-0.2, -0.15) is 20.1 Å². The number of H-pyrrole nitrogens is 1. The van der Waals surface area contributed by atoms with Crippen molar-refractivity contribution in [3.8, 4) is 0 Å². The number of esters is 1. The van der Waals surface area contributed by atoms with Gasteiger partial charge in [-0.25, -0.2) is 5.10 Å². The Bertz CT molecular complexity index is 1300. The summed E-state index contributed by atoms with van der Waals surface area (Å²) in [4.78, 5) is 36.5. The van der Waals surface area contributed by atoms with E-state index in [0.29, 0.717) is 16.5 Å². The Morgan fingerprint density at radius 3 is 2.58 bits per heavy atom. The molecule has 31 heavy (non-hydrogen) atoms. The number of benzene rings is 2. The number of nitrogens with zero attached hydrogens (tertiary/aromatic N) is 4. The largest absolute Gasteiger partial charge is 0.457 e. The molecule has 0 atom stereocenters. The third kappa shape index (κ3) is 4.81. The molecule has 2 heterocycles. The van der Waals surface area contributed by atoms with Crippen LogP contribution >= 0.6 is 0 Å². The fraction of sp³-hybridized carbons (Fsp3) is 0.143. The van der Waals surface area contributed by atoms with Crippen LogP contribution in [0.1, 0.15) is 17.1 Å². The smallest absolute Gasteiger partial charge is 0.312 e. The highest BCUT2D eigenvalue weighted by molar-refractivity contribution is 5.86. The lowest BCUT2D eigenvalue weighted by Gasteiger charge is -2.09. The average molecular weight is 417 g/mol. The molecule has 0 radical (unpaired) electrons. The van der Waals surface area contributed by atoms with E-state index in [4.69, 9.17) is 10.5 Å². The Labute approximate surface area is 176 Å². The highest BCUT2D eigenvalue weighted by Crippen LogP contribution is 2.15. The Morgan fingerprint density at radius 1 is 1.06 bits per heavy atom. The van der Waals surface area contributed by atoms with Gasteiger partial charge in [0.2, 0.25) is 11.9 Å². The number of nitrogens with two attached hydrogens (primary N) is 1. The lowest BCUT2D eigenvalue weighted by atomic mass is 10.1. The third-order valence-electron chi connectivity index (χ3n) is 4.46. The van der Waals surface area contributed by atoms with Gasteiger partial charge in [0.15, 0.2) is 12.4 Å². The minimum atomic E-state index is -0.545. The minimum Gasteiger partial charge on any atom is -0.457 e. The van der Waals surface area contributed by atoms with Gasteiger partial charge in [-0.1, -0.05) is 35.9 Å². The zero-order chi connectivity index (χ0) is 21.8. The summed E-state index contributed by atoms with van der Waals surface area (Å²) < 4.78 is 5.28. The Morgan fingerprint density at radius 2 is 1.81 bits per heavy atom. The molecule has 0 unspecified atom stereocenters. The first-order valence-corrected chi connectivity index (χ1v) is 9.44. The minimum absolute atomic E-state index is 0.00366. The normalized spacial score (nSPS) is 10.7. The lowest BCUT2D eigenvalue weighted by molar-refractivity contribution is -0.144. The summed E-state index contributed by atoms with van der Waals surface area (Å²) in [5, 5.41) is 10.5. The van der Waals surface area contributed by atoms with E-state index in [2.05, 4.69) is 30.5 Å². The number of nitrogens with one attached hydrogen (secondary N) is 2. The van der Waals surface area contributed by atoms with Crippen LogP contribution in [0.3, 0.4) is 0 Å². The molecule has 0 spiro atoms. The first kappa shape index (κ1) is 20.0. The molecule has 2 aromatic heterocycles. The van der Waals surface area contributed by atoms with Crippen molar-refractivity contribution in [1.82, 2.24) is 25.1 Å². The summed E-state index contributed by atoms with van der Waals surface area (Å²) in [5.41, 5.74) is 7.76. The molecule has 2 aromatic carbocycles. The second kappa shape index (κ2) is 8.57. The summed E-state index contributed by atoms with van der Waals surface area (Å²) >= 11 is 0. The fourth-order valence-corrected chi connectivity index (χ4v) is 2.96. The molecule has 0 saturated heterocycles. The van der Waals surface area contributed by atoms with E-state index in [1.54, 1.807) is 24.3 Å². The monoisotopic (exact) mass is 417 g/mol. The van der Waals surface area contributed by atoms with Crippen molar-refractivity contribution in [2.24, 2.45) is 0 Å². The number of aromatic amines is 1. The van der Waals surface area contributed by atoms with Crippen LogP contribution in [-0.4, -0.2) is 31.1 Å². The van der Waals surface area contributed by atoms with E-state index < -0.39 is 5.97 Å². The van der Waals surface area contributed by atoms with Crippen LogP contribution < -0.4 is 16.6 Å². The molecule has 0 saturated carbocycles. The van der Waals surface area contributed by atoms with E-state index >= 15 is 0 Å². The van der Waals surface area contributed by atoms with Crippen LogP contribution in [0.15, 0.2) is 53.3 Å². The molecule has 0 aliphatic heterocycles. The quantitative estimate of drug-likeness (QED) is 0.401. The number of rotatable bonds is 6. The van der Waals surface area contributed by atoms with Crippen LogP contribution in [-0.2, 0) is 22.6 Å². The summed E-state index contributed by atoms with van der Waals surface area (Å²) in [6.45, 7) is 1.80. The molecular weight excluding hydrogens is 398 g/mol. The summed E-state index contributed by atoms with van der Waals surface area (Å²) in [7, 11) is 0. The topological polar surface area (TPSA) is 149 Å². The SMILES string of the molecule is Cc1ccc(Nc2nc(N)nc(COC(=O)Cc3n[nH]c(=O)c4ccccc34)n2)cc1. The second-order valence-electron chi connectivity index (χ2n) is 6.81. The molecule has 10 heteroatoms. The number of fused-ring (bicyclic) bond motifs is 1. The van der Waals surface area contributed by atoms with Crippen LogP contribution in [0, 0.1) is 6.92 Å². The van der Waals surface area contributed by atoms with Gasteiger partial charge in [-0.05, 0) is 25.1 Å². The van der Waals surface area contributed by atoms with E-state index in [-0.39, 0.29) is 36.3 Å². The molecular formula is C21H19N7O3. The van der Waals surface area contributed by atoms with Crippen molar-refractivity contribution in [1.29, 1.82) is 0 Å². The van der Waals surface area contributed by atoms with Crippen LogP contribution in [0.5, 0.6) is 0 Å². The molecule has 0 amide bonds. The summed E-state index contributed by atoms with van der Waals surface area (Å²) in [6, 6.07) is 14.6. The molecule has 0 bridgehead atoms. The van der Waals surface area contributed by atoms with Crippen molar-refractivity contribution >= 4 is 34.3 Å². The number of ether oxygens (including phenoxy) is 1. The average Bonchev–Trinajstić information content (AvgIpc) is 2.76. The zero-order valence-electron chi connectivity index (χ0n) is 16.6. The van der Waals surface area contributed by atoms with Crippen LogP contribution in [0.2, 0.25) is 0 Å². The Balaban J connectivity index is 1.44. The molecule has 4 rings (SSSR count). The number of hydrogen-bond donors (Lipinski definition) is 3. The number of anilines is 3. The maximum absolute atomic E-state index is 12.3. The molecule has 0 aliphatic rings. The van der Waals surface area contributed by atoms with E-state index in [9.17, 15) is 9.59 Å². The molecule has 156 valence electrons. The van der Waals surface area contributed by atoms with Crippen LogP contribution in [0.25, 0.3) is 10.8 Å². The number of hydrogen-bond acceptors (Lipinski definition) is 9.